The molecule has 1 unspecified atom stereocenters. The summed E-state index contributed by atoms with van der Waals surface area (Å²) in [6.07, 6.45) is 1.06. The van der Waals surface area contributed by atoms with E-state index in [4.69, 9.17) is 4.74 Å². The van der Waals surface area contributed by atoms with Crippen LogP contribution in [0.1, 0.15) is 28.9 Å². The fourth-order valence-corrected chi connectivity index (χ4v) is 3.13. The molecule has 28 heavy (non-hydrogen) atoms. The summed E-state index contributed by atoms with van der Waals surface area (Å²) in [6.45, 7) is 1.52. The van der Waals surface area contributed by atoms with Gasteiger partial charge < -0.3 is 15.4 Å². The smallest absolute Gasteiger partial charge is 0.251 e. The van der Waals surface area contributed by atoms with Crippen LogP contribution in [0.5, 0.6) is 5.75 Å². The van der Waals surface area contributed by atoms with Gasteiger partial charge in [-0.2, -0.15) is 0 Å². The summed E-state index contributed by atoms with van der Waals surface area (Å²) in [5, 5.41) is 5.28. The first-order valence-electron chi connectivity index (χ1n) is 8.48. The second kappa shape index (κ2) is 9.23. The quantitative estimate of drug-likeness (QED) is 0.618. The second-order valence-electron chi connectivity index (χ2n) is 6.16. The van der Waals surface area contributed by atoms with Crippen molar-refractivity contribution in [2.75, 3.05) is 24.6 Å². The molecule has 0 spiro atoms. The van der Waals surface area contributed by atoms with Crippen LogP contribution < -0.4 is 20.1 Å². The van der Waals surface area contributed by atoms with Crippen LogP contribution in [0.4, 0.5) is 5.69 Å². The molecule has 3 N–H and O–H groups in total. The lowest BCUT2D eigenvalue weighted by atomic mass is 10.1. The van der Waals surface area contributed by atoms with Crippen LogP contribution in [0.2, 0.25) is 0 Å². The van der Waals surface area contributed by atoms with Crippen molar-refractivity contribution in [3.8, 4) is 5.75 Å². The van der Waals surface area contributed by atoms with Gasteiger partial charge in [-0.3, -0.25) is 14.3 Å². The summed E-state index contributed by atoms with van der Waals surface area (Å²) in [5.41, 5.74) is 1.41. The highest BCUT2D eigenvalue weighted by Gasteiger charge is 2.16. The number of carbonyl (C=O) groups is 2. The first kappa shape index (κ1) is 21.2. The van der Waals surface area contributed by atoms with E-state index >= 15 is 0 Å². The van der Waals surface area contributed by atoms with Crippen LogP contribution in [-0.4, -0.2) is 40.1 Å². The van der Waals surface area contributed by atoms with Crippen LogP contribution >= 0.6 is 0 Å². The molecule has 8 nitrogen and oxygen atoms in total. The van der Waals surface area contributed by atoms with Gasteiger partial charge in [0.15, 0.2) is 0 Å². The number of hydrogen-bond acceptors (Lipinski definition) is 5. The van der Waals surface area contributed by atoms with Gasteiger partial charge in [0.05, 0.1) is 31.6 Å². The van der Waals surface area contributed by atoms with Crippen LogP contribution in [0.25, 0.3) is 0 Å². The van der Waals surface area contributed by atoms with E-state index in [-0.39, 0.29) is 12.5 Å². The van der Waals surface area contributed by atoms with Crippen LogP contribution in [-0.2, 0) is 14.8 Å². The molecular formula is C19H23N3O5S. The molecule has 0 aliphatic heterocycles. The fraction of sp³-hybridized carbons (Fsp3) is 0.263. The van der Waals surface area contributed by atoms with Gasteiger partial charge in [-0.1, -0.05) is 18.2 Å². The van der Waals surface area contributed by atoms with E-state index in [9.17, 15) is 18.0 Å². The van der Waals surface area contributed by atoms with Crippen molar-refractivity contribution in [1.29, 1.82) is 0 Å². The summed E-state index contributed by atoms with van der Waals surface area (Å²) in [4.78, 5) is 24.3. The lowest BCUT2D eigenvalue weighted by Gasteiger charge is -2.18. The average Bonchev–Trinajstić information content (AvgIpc) is 2.65. The molecule has 2 aromatic rings. The Balaban J connectivity index is 1.95. The molecule has 0 aromatic heterocycles. The van der Waals surface area contributed by atoms with E-state index in [1.807, 2.05) is 0 Å². The molecule has 2 aromatic carbocycles. The highest BCUT2D eigenvalue weighted by atomic mass is 32.2. The summed E-state index contributed by atoms with van der Waals surface area (Å²) in [6, 6.07) is 12.8. The molecule has 0 bridgehead atoms. The fourth-order valence-electron chi connectivity index (χ4n) is 2.54. The van der Waals surface area contributed by atoms with Crippen molar-refractivity contribution >= 4 is 27.5 Å². The molecule has 0 heterocycles. The number of ether oxygens (including phenoxy) is 1. The van der Waals surface area contributed by atoms with Crippen LogP contribution in [0, 0.1) is 0 Å². The van der Waals surface area contributed by atoms with Crippen molar-refractivity contribution in [2.24, 2.45) is 0 Å². The number of para-hydroxylation sites is 1. The maximum Gasteiger partial charge on any atom is 0.251 e. The standard InChI is InChI=1S/C19H23N3O5S/c1-13(16-6-4-5-7-17(16)22-28(3,25)26)21-18(23)12-20-19(24)14-8-10-15(27-2)11-9-14/h4-11,13,22H,12H2,1-3H3,(H,20,24)(H,21,23). The van der Waals surface area contributed by atoms with Gasteiger partial charge in [-0.25, -0.2) is 8.42 Å². The molecule has 2 amide bonds. The van der Waals surface area contributed by atoms with Gasteiger partial charge in [-0.15, -0.1) is 0 Å². The normalized spacial score (nSPS) is 12.0. The molecule has 9 heteroatoms. The predicted molar refractivity (Wildman–Crippen MR) is 107 cm³/mol. The zero-order valence-corrected chi connectivity index (χ0v) is 16.7. The Morgan fingerprint density at radius 2 is 1.71 bits per heavy atom. The van der Waals surface area contributed by atoms with Crippen molar-refractivity contribution in [1.82, 2.24) is 10.6 Å². The van der Waals surface area contributed by atoms with Gasteiger partial charge in [0.2, 0.25) is 15.9 Å². The molecule has 1 atom stereocenters. The molecule has 0 saturated heterocycles. The summed E-state index contributed by atoms with van der Waals surface area (Å²) in [5.74, 6) is -0.155. The number of benzene rings is 2. The minimum atomic E-state index is -3.45. The van der Waals surface area contributed by atoms with E-state index in [1.165, 1.54) is 7.11 Å². The summed E-state index contributed by atoms with van der Waals surface area (Å²) < 4.78 is 30.5. The Morgan fingerprint density at radius 3 is 2.32 bits per heavy atom. The monoisotopic (exact) mass is 405 g/mol. The lowest BCUT2D eigenvalue weighted by molar-refractivity contribution is -0.120. The number of hydrogen-bond donors (Lipinski definition) is 3. The molecule has 0 aliphatic rings. The molecule has 0 saturated carbocycles. The first-order chi connectivity index (χ1) is 13.2. The highest BCUT2D eigenvalue weighted by molar-refractivity contribution is 7.92. The number of sulfonamides is 1. The Bertz CT molecular complexity index is 942. The topological polar surface area (TPSA) is 114 Å². The zero-order chi connectivity index (χ0) is 20.7. The van der Waals surface area contributed by atoms with E-state index in [0.29, 0.717) is 22.6 Å². The Kier molecular flexibility index (Phi) is 7.00. The van der Waals surface area contributed by atoms with Crippen molar-refractivity contribution in [3.05, 3.63) is 59.7 Å². The van der Waals surface area contributed by atoms with Crippen molar-refractivity contribution in [3.63, 3.8) is 0 Å². The van der Waals surface area contributed by atoms with Crippen molar-refractivity contribution in [2.45, 2.75) is 13.0 Å². The third-order valence-corrected chi connectivity index (χ3v) is 4.45. The number of carbonyl (C=O) groups excluding carboxylic acids is 2. The average molecular weight is 405 g/mol. The lowest BCUT2D eigenvalue weighted by Crippen LogP contribution is -2.38. The molecule has 0 fully saturated rings. The van der Waals surface area contributed by atoms with Gasteiger partial charge in [0.25, 0.3) is 5.91 Å². The second-order valence-corrected chi connectivity index (χ2v) is 7.91. The third kappa shape index (κ3) is 6.27. The van der Waals surface area contributed by atoms with Crippen LogP contribution in [0.15, 0.2) is 48.5 Å². The maximum atomic E-state index is 12.2. The molecule has 150 valence electrons. The minimum Gasteiger partial charge on any atom is -0.497 e. The third-order valence-electron chi connectivity index (χ3n) is 3.86. The SMILES string of the molecule is COc1ccc(C(=O)NCC(=O)NC(C)c2ccccc2NS(C)(=O)=O)cc1. The van der Waals surface area contributed by atoms with E-state index in [1.54, 1.807) is 55.5 Å². The molecule has 0 radical (unpaired) electrons. The Hall–Kier alpha value is -3.07. The number of methoxy groups -OCH3 is 1. The zero-order valence-electron chi connectivity index (χ0n) is 15.9. The summed E-state index contributed by atoms with van der Waals surface area (Å²) in [7, 11) is -1.92. The van der Waals surface area contributed by atoms with Crippen molar-refractivity contribution < 1.29 is 22.7 Å². The van der Waals surface area contributed by atoms with Gasteiger partial charge >= 0.3 is 0 Å². The van der Waals surface area contributed by atoms with E-state index < -0.39 is 22.0 Å². The molecule has 0 aliphatic carbocycles. The number of rotatable bonds is 8. The first-order valence-corrected chi connectivity index (χ1v) is 10.4. The van der Waals surface area contributed by atoms with Gasteiger partial charge in [0, 0.05) is 5.56 Å². The Morgan fingerprint density at radius 1 is 1.07 bits per heavy atom. The van der Waals surface area contributed by atoms with Gasteiger partial charge in [-0.05, 0) is 42.8 Å². The number of amides is 2. The van der Waals surface area contributed by atoms with E-state index in [0.717, 1.165) is 6.26 Å². The van der Waals surface area contributed by atoms with E-state index in [2.05, 4.69) is 15.4 Å². The molecular weight excluding hydrogens is 382 g/mol. The molecule has 2 rings (SSSR count). The largest absolute Gasteiger partial charge is 0.497 e. The van der Waals surface area contributed by atoms with Gasteiger partial charge in [0.1, 0.15) is 5.75 Å². The number of nitrogens with one attached hydrogen (secondary N) is 3. The Labute approximate surface area is 164 Å². The summed E-state index contributed by atoms with van der Waals surface area (Å²) >= 11 is 0. The number of anilines is 1. The predicted octanol–water partition coefficient (Wildman–Crippen LogP) is 1.67. The minimum absolute atomic E-state index is 0.211. The van der Waals surface area contributed by atoms with Crippen LogP contribution in [0.3, 0.4) is 0 Å². The highest BCUT2D eigenvalue weighted by Crippen LogP contribution is 2.23. The maximum absolute atomic E-state index is 12.2.